The summed E-state index contributed by atoms with van der Waals surface area (Å²) in [7, 11) is 0. The van der Waals surface area contributed by atoms with Crippen LogP contribution in [0.15, 0.2) is 18.2 Å². The summed E-state index contributed by atoms with van der Waals surface area (Å²) in [6.07, 6.45) is 4.32. The minimum absolute atomic E-state index is 0.582. The number of nitrogens with one attached hydrogen (secondary N) is 1. The molecule has 0 unspecified atom stereocenters. The Morgan fingerprint density at radius 1 is 1.24 bits per heavy atom. The third-order valence-electron chi connectivity index (χ3n) is 3.05. The second-order valence-corrected chi connectivity index (χ2v) is 4.21. The van der Waals surface area contributed by atoms with E-state index >= 15 is 0 Å². The molecular weight excluding hydrogens is 216 g/mol. The molecule has 1 aliphatic carbocycles. The molecule has 0 aliphatic heterocycles. The van der Waals surface area contributed by atoms with Crippen LogP contribution in [0.2, 0.25) is 0 Å². The smallest absolute Gasteiger partial charge is 0.177 e. The van der Waals surface area contributed by atoms with E-state index in [0.29, 0.717) is 18.9 Å². The number of tetrazole rings is 1. The molecular formula is C12H14N4O. The second kappa shape index (κ2) is 4.53. The Balaban J connectivity index is 1.58. The van der Waals surface area contributed by atoms with Gasteiger partial charge >= 0.3 is 0 Å². The van der Waals surface area contributed by atoms with E-state index < -0.39 is 0 Å². The molecule has 5 heteroatoms. The van der Waals surface area contributed by atoms with Crippen molar-refractivity contribution in [3.63, 3.8) is 0 Å². The molecule has 0 radical (unpaired) electrons. The minimum Gasteiger partial charge on any atom is -0.493 e. The minimum atomic E-state index is 0.582. The Bertz CT molecular complexity index is 495. The van der Waals surface area contributed by atoms with E-state index in [1.54, 1.807) is 0 Å². The molecule has 0 saturated heterocycles. The first-order valence-corrected chi connectivity index (χ1v) is 5.89. The molecule has 1 aromatic heterocycles. The number of benzene rings is 1. The first-order valence-electron chi connectivity index (χ1n) is 5.89. The quantitative estimate of drug-likeness (QED) is 0.860. The van der Waals surface area contributed by atoms with Crippen LogP contribution in [-0.4, -0.2) is 27.2 Å². The Hall–Kier alpha value is -1.91. The molecule has 0 fully saturated rings. The van der Waals surface area contributed by atoms with Crippen LogP contribution in [0.25, 0.3) is 0 Å². The first-order chi connectivity index (χ1) is 8.42. The lowest BCUT2D eigenvalue weighted by Crippen LogP contribution is -2.03. The molecule has 1 N–H and O–H groups in total. The third-order valence-corrected chi connectivity index (χ3v) is 3.05. The zero-order chi connectivity index (χ0) is 11.5. The highest BCUT2D eigenvalue weighted by molar-refractivity contribution is 5.38. The summed E-state index contributed by atoms with van der Waals surface area (Å²) < 4.78 is 5.68. The van der Waals surface area contributed by atoms with E-state index in [1.807, 2.05) is 6.07 Å². The molecule has 1 heterocycles. The molecule has 0 spiro atoms. The van der Waals surface area contributed by atoms with Gasteiger partial charge in [-0.2, -0.15) is 5.21 Å². The van der Waals surface area contributed by atoms with Gasteiger partial charge in [0, 0.05) is 6.42 Å². The molecule has 0 atom stereocenters. The van der Waals surface area contributed by atoms with Gasteiger partial charge in [0.05, 0.1) is 6.61 Å². The fraction of sp³-hybridized carbons (Fsp3) is 0.417. The number of ether oxygens (including phenoxy) is 1. The Labute approximate surface area is 99.2 Å². The summed E-state index contributed by atoms with van der Waals surface area (Å²) in [5.41, 5.74) is 2.90. The molecule has 1 aliphatic rings. The lowest BCUT2D eigenvalue weighted by Gasteiger charge is -2.06. The number of nitrogens with zero attached hydrogens (tertiary/aromatic N) is 3. The van der Waals surface area contributed by atoms with Gasteiger partial charge in [0.2, 0.25) is 0 Å². The molecule has 1 aromatic carbocycles. The monoisotopic (exact) mass is 230 g/mol. The summed E-state index contributed by atoms with van der Waals surface area (Å²) in [4.78, 5) is 0. The van der Waals surface area contributed by atoms with Gasteiger partial charge in [0.15, 0.2) is 5.82 Å². The lowest BCUT2D eigenvalue weighted by atomic mass is 10.1. The average Bonchev–Trinajstić information content (AvgIpc) is 2.98. The van der Waals surface area contributed by atoms with Gasteiger partial charge in [0.1, 0.15) is 5.75 Å². The Kier molecular flexibility index (Phi) is 2.73. The van der Waals surface area contributed by atoms with Gasteiger partial charge in [-0.05, 0) is 42.5 Å². The van der Waals surface area contributed by atoms with Crippen molar-refractivity contribution < 1.29 is 4.74 Å². The summed E-state index contributed by atoms with van der Waals surface area (Å²) in [6, 6.07) is 6.37. The molecule has 3 rings (SSSR count). The molecule has 2 aromatic rings. The number of aryl methyl sites for hydroxylation is 2. The van der Waals surface area contributed by atoms with Crippen molar-refractivity contribution in [2.45, 2.75) is 25.7 Å². The van der Waals surface area contributed by atoms with Crippen LogP contribution in [0.1, 0.15) is 23.4 Å². The molecule has 17 heavy (non-hydrogen) atoms. The zero-order valence-corrected chi connectivity index (χ0v) is 9.52. The van der Waals surface area contributed by atoms with Crippen molar-refractivity contribution in [1.82, 2.24) is 20.6 Å². The maximum absolute atomic E-state index is 5.68. The van der Waals surface area contributed by atoms with Gasteiger partial charge in [-0.3, -0.25) is 0 Å². The van der Waals surface area contributed by atoms with Crippen molar-refractivity contribution in [3.05, 3.63) is 35.2 Å². The molecule has 5 nitrogen and oxygen atoms in total. The zero-order valence-electron chi connectivity index (χ0n) is 9.52. The highest BCUT2D eigenvalue weighted by Crippen LogP contribution is 2.25. The third kappa shape index (κ3) is 2.27. The van der Waals surface area contributed by atoms with Gasteiger partial charge in [-0.25, -0.2) is 0 Å². The predicted molar refractivity (Wildman–Crippen MR) is 61.8 cm³/mol. The lowest BCUT2D eigenvalue weighted by molar-refractivity contribution is 0.318. The Morgan fingerprint density at radius 3 is 3.06 bits per heavy atom. The van der Waals surface area contributed by atoms with E-state index in [9.17, 15) is 0 Å². The van der Waals surface area contributed by atoms with E-state index in [0.717, 1.165) is 5.75 Å². The van der Waals surface area contributed by atoms with Gasteiger partial charge < -0.3 is 4.74 Å². The van der Waals surface area contributed by atoms with Crippen molar-refractivity contribution >= 4 is 0 Å². The number of fused-ring (bicyclic) bond motifs is 1. The summed E-state index contributed by atoms with van der Waals surface area (Å²) in [6.45, 7) is 0.582. The van der Waals surface area contributed by atoms with Gasteiger partial charge in [0.25, 0.3) is 0 Å². The standard InChI is InChI=1S/C12H14N4O/c1-2-9-4-5-11(8-10(9)3-1)17-7-6-12-13-15-16-14-12/h4-5,8H,1-3,6-7H2,(H,13,14,15,16). The van der Waals surface area contributed by atoms with Crippen LogP contribution in [0.3, 0.4) is 0 Å². The highest BCUT2D eigenvalue weighted by Gasteiger charge is 2.11. The SMILES string of the molecule is c1cc2c(cc1OCCc1nn[nH]n1)CCC2. The second-order valence-electron chi connectivity index (χ2n) is 4.21. The molecule has 88 valence electrons. The maximum Gasteiger partial charge on any atom is 0.177 e. The average molecular weight is 230 g/mol. The highest BCUT2D eigenvalue weighted by atomic mass is 16.5. The normalized spacial score (nSPS) is 13.6. The van der Waals surface area contributed by atoms with E-state index in [2.05, 4.69) is 32.8 Å². The fourth-order valence-electron chi connectivity index (χ4n) is 2.19. The van der Waals surface area contributed by atoms with Crippen molar-refractivity contribution in [2.24, 2.45) is 0 Å². The Morgan fingerprint density at radius 2 is 2.18 bits per heavy atom. The van der Waals surface area contributed by atoms with Crippen molar-refractivity contribution in [1.29, 1.82) is 0 Å². The molecule has 0 amide bonds. The number of aromatic amines is 1. The van der Waals surface area contributed by atoms with Crippen LogP contribution >= 0.6 is 0 Å². The molecule has 0 saturated carbocycles. The van der Waals surface area contributed by atoms with Crippen LogP contribution in [-0.2, 0) is 19.3 Å². The first kappa shape index (κ1) is 10.3. The van der Waals surface area contributed by atoms with Gasteiger partial charge in [-0.1, -0.05) is 11.3 Å². The van der Waals surface area contributed by atoms with Crippen LogP contribution in [0.4, 0.5) is 0 Å². The molecule has 0 bridgehead atoms. The van der Waals surface area contributed by atoms with Crippen LogP contribution in [0, 0.1) is 0 Å². The summed E-state index contributed by atoms with van der Waals surface area (Å²) in [5, 5.41) is 13.7. The van der Waals surface area contributed by atoms with E-state index in [1.165, 1.54) is 30.4 Å². The summed E-state index contributed by atoms with van der Waals surface area (Å²) >= 11 is 0. The topological polar surface area (TPSA) is 63.7 Å². The van der Waals surface area contributed by atoms with Crippen molar-refractivity contribution in [2.75, 3.05) is 6.61 Å². The number of aromatic nitrogens is 4. The van der Waals surface area contributed by atoms with E-state index in [-0.39, 0.29) is 0 Å². The largest absolute Gasteiger partial charge is 0.493 e. The predicted octanol–water partition coefficient (Wildman–Crippen LogP) is 1.31. The fourth-order valence-corrected chi connectivity index (χ4v) is 2.19. The number of hydrogen-bond acceptors (Lipinski definition) is 4. The number of hydrogen-bond donors (Lipinski definition) is 1. The van der Waals surface area contributed by atoms with E-state index in [4.69, 9.17) is 4.74 Å². The summed E-state index contributed by atoms with van der Waals surface area (Å²) in [5.74, 6) is 1.63. The van der Waals surface area contributed by atoms with Crippen molar-refractivity contribution in [3.8, 4) is 5.75 Å². The number of rotatable bonds is 4. The maximum atomic E-state index is 5.68. The van der Waals surface area contributed by atoms with Gasteiger partial charge in [-0.15, -0.1) is 10.2 Å². The number of H-pyrrole nitrogens is 1. The van der Waals surface area contributed by atoms with Crippen LogP contribution < -0.4 is 4.74 Å². The van der Waals surface area contributed by atoms with Crippen LogP contribution in [0.5, 0.6) is 5.75 Å².